The fraction of sp³-hybridized carbons (Fsp3) is 0.238. The molecule has 3 nitrogen and oxygen atoms in total. The van der Waals surface area contributed by atoms with Gasteiger partial charge >= 0.3 is 0 Å². The van der Waals surface area contributed by atoms with Crippen LogP contribution in [0, 0.1) is 13.8 Å². The van der Waals surface area contributed by atoms with Crippen LogP contribution in [0.5, 0.6) is 0 Å². The predicted octanol–water partition coefficient (Wildman–Crippen LogP) is 5.17. The summed E-state index contributed by atoms with van der Waals surface area (Å²) in [7, 11) is 0. The van der Waals surface area contributed by atoms with Crippen molar-refractivity contribution in [1.82, 2.24) is 10.3 Å². The summed E-state index contributed by atoms with van der Waals surface area (Å²) in [6, 6.07) is 14.5. The van der Waals surface area contributed by atoms with E-state index < -0.39 is 0 Å². The van der Waals surface area contributed by atoms with Gasteiger partial charge in [0.2, 0.25) is 0 Å². The molecule has 126 valence electrons. The third-order valence-corrected chi connectivity index (χ3v) is 5.09. The molecule has 2 aromatic carbocycles. The lowest BCUT2D eigenvalue weighted by Crippen LogP contribution is -2.25. The average Bonchev–Trinajstić information content (AvgIpc) is 3.40. The van der Waals surface area contributed by atoms with Gasteiger partial charge in [-0.2, -0.15) is 0 Å². The molecular formula is C21H19BrN2O. The van der Waals surface area contributed by atoms with E-state index in [4.69, 9.17) is 4.98 Å². The second-order valence-electron chi connectivity index (χ2n) is 6.78. The summed E-state index contributed by atoms with van der Waals surface area (Å²) < 4.78 is 0.946. The third-order valence-electron chi connectivity index (χ3n) is 4.60. The zero-order valence-corrected chi connectivity index (χ0v) is 15.9. The van der Waals surface area contributed by atoms with Gasteiger partial charge < -0.3 is 5.32 Å². The molecule has 25 heavy (non-hydrogen) atoms. The van der Waals surface area contributed by atoms with E-state index in [-0.39, 0.29) is 5.91 Å². The molecule has 0 bridgehead atoms. The van der Waals surface area contributed by atoms with E-state index >= 15 is 0 Å². The first-order chi connectivity index (χ1) is 12.0. The second kappa shape index (κ2) is 6.26. The maximum absolute atomic E-state index is 12.8. The lowest BCUT2D eigenvalue weighted by molar-refractivity contribution is 0.0952. The van der Waals surface area contributed by atoms with Crippen LogP contribution in [0.25, 0.3) is 22.2 Å². The molecule has 1 aromatic heterocycles. The summed E-state index contributed by atoms with van der Waals surface area (Å²) >= 11 is 3.50. The van der Waals surface area contributed by atoms with Crippen LogP contribution in [0.4, 0.5) is 0 Å². The number of benzene rings is 2. The lowest BCUT2D eigenvalue weighted by Gasteiger charge is -2.12. The summed E-state index contributed by atoms with van der Waals surface area (Å²) in [5.74, 6) is -0.0143. The van der Waals surface area contributed by atoms with Crippen molar-refractivity contribution in [2.75, 3.05) is 0 Å². The van der Waals surface area contributed by atoms with Crippen molar-refractivity contribution < 1.29 is 4.79 Å². The number of carbonyl (C=O) groups excluding carboxylic acids is 1. The lowest BCUT2D eigenvalue weighted by atomic mass is 9.99. The largest absolute Gasteiger partial charge is 0.349 e. The number of fused-ring (bicyclic) bond motifs is 1. The van der Waals surface area contributed by atoms with Crippen LogP contribution in [0.2, 0.25) is 0 Å². The Labute approximate surface area is 155 Å². The van der Waals surface area contributed by atoms with Gasteiger partial charge in [0.1, 0.15) is 0 Å². The number of nitrogens with one attached hydrogen (secondary N) is 1. The van der Waals surface area contributed by atoms with Crippen molar-refractivity contribution in [2.24, 2.45) is 0 Å². The summed E-state index contributed by atoms with van der Waals surface area (Å²) in [6.45, 7) is 4.15. The smallest absolute Gasteiger partial charge is 0.252 e. The molecule has 1 amide bonds. The zero-order chi connectivity index (χ0) is 17.6. The fourth-order valence-corrected chi connectivity index (χ4v) is 3.39. The van der Waals surface area contributed by atoms with Gasteiger partial charge in [0, 0.05) is 21.5 Å². The number of aryl methyl sites for hydroxylation is 2. The van der Waals surface area contributed by atoms with Crippen molar-refractivity contribution in [1.29, 1.82) is 0 Å². The molecular weight excluding hydrogens is 376 g/mol. The third kappa shape index (κ3) is 3.31. The Morgan fingerprint density at radius 3 is 2.68 bits per heavy atom. The second-order valence-corrected chi connectivity index (χ2v) is 7.70. The van der Waals surface area contributed by atoms with E-state index in [1.54, 1.807) is 0 Å². The van der Waals surface area contributed by atoms with Gasteiger partial charge in [0.05, 0.1) is 16.8 Å². The minimum atomic E-state index is -0.0143. The summed E-state index contributed by atoms with van der Waals surface area (Å²) in [5.41, 5.74) is 5.78. The zero-order valence-electron chi connectivity index (χ0n) is 14.3. The first-order valence-electron chi connectivity index (χ1n) is 8.50. The van der Waals surface area contributed by atoms with Crippen LogP contribution in [0.3, 0.4) is 0 Å². The number of halogens is 1. The summed E-state index contributed by atoms with van der Waals surface area (Å²) in [4.78, 5) is 17.6. The van der Waals surface area contributed by atoms with E-state index in [0.717, 1.165) is 45.0 Å². The molecule has 3 aromatic rings. The normalized spacial score (nSPS) is 13.9. The maximum atomic E-state index is 12.8. The number of amides is 1. The van der Waals surface area contributed by atoms with Crippen LogP contribution < -0.4 is 5.32 Å². The highest BCUT2D eigenvalue weighted by molar-refractivity contribution is 9.10. The van der Waals surface area contributed by atoms with Crippen LogP contribution in [0.15, 0.2) is 46.9 Å². The molecule has 0 atom stereocenters. The number of carbonyl (C=O) groups is 1. The van der Waals surface area contributed by atoms with Gasteiger partial charge in [-0.15, -0.1) is 0 Å². The Morgan fingerprint density at radius 2 is 1.92 bits per heavy atom. The Kier molecular flexibility index (Phi) is 4.08. The van der Waals surface area contributed by atoms with Crippen LogP contribution in [0.1, 0.15) is 34.3 Å². The van der Waals surface area contributed by atoms with Gasteiger partial charge in [-0.25, -0.2) is 4.98 Å². The van der Waals surface area contributed by atoms with E-state index in [2.05, 4.69) is 53.3 Å². The molecule has 1 aliphatic carbocycles. The van der Waals surface area contributed by atoms with Crippen LogP contribution in [-0.4, -0.2) is 16.9 Å². The van der Waals surface area contributed by atoms with E-state index in [0.29, 0.717) is 11.6 Å². The van der Waals surface area contributed by atoms with Gasteiger partial charge in [-0.3, -0.25) is 4.79 Å². The van der Waals surface area contributed by atoms with Crippen molar-refractivity contribution in [2.45, 2.75) is 32.7 Å². The van der Waals surface area contributed by atoms with Crippen molar-refractivity contribution in [3.8, 4) is 11.3 Å². The highest BCUT2D eigenvalue weighted by atomic mass is 79.9. The maximum Gasteiger partial charge on any atom is 0.252 e. The summed E-state index contributed by atoms with van der Waals surface area (Å²) in [5, 5.41) is 3.98. The van der Waals surface area contributed by atoms with Gasteiger partial charge in [0.15, 0.2) is 0 Å². The predicted molar refractivity (Wildman–Crippen MR) is 105 cm³/mol. The summed E-state index contributed by atoms with van der Waals surface area (Å²) in [6.07, 6.45) is 2.14. The van der Waals surface area contributed by atoms with E-state index in [9.17, 15) is 4.79 Å². The minimum Gasteiger partial charge on any atom is -0.349 e. The monoisotopic (exact) mass is 394 g/mol. The average molecular weight is 395 g/mol. The number of pyridine rings is 1. The Balaban J connectivity index is 1.92. The number of aromatic nitrogens is 1. The Morgan fingerprint density at radius 1 is 1.12 bits per heavy atom. The molecule has 1 fully saturated rings. The van der Waals surface area contributed by atoms with Gasteiger partial charge in [0.25, 0.3) is 5.91 Å². The Hall–Kier alpha value is -2.20. The van der Waals surface area contributed by atoms with Crippen molar-refractivity contribution in [3.63, 3.8) is 0 Å². The Bertz CT molecular complexity index is 993. The molecule has 0 unspecified atom stereocenters. The topological polar surface area (TPSA) is 42.0 Å². The standard InChI is InChI=1S/C21H19BrN2O/c1-12-3-4-13(2)16(9-12)20-11-18(21(25)23-15-6-7-15)17-10-14(22)5-8-19(17)24-20/h3-5,8-11,15H,6-7H2,1-2H3,(H,23,25). The molecule has 0 aliphatic heterocycles. The highest BCUT2D eigenvalue weighted by Crippen LogP contribution is 2.30. The first-order valence-corrected chi connectivity index (χ1v) is 9.29. The number of rotatable bonds is 3. The molecule has 4 rings (SSSR count). The number of hydrogen-bond acceptors (Lipinski definition) is 2. The van der Waals surface area contributed by atoms with Crippen LogP contribution >= 0.6 is 15.9 Å². The molecule has 0 radical (unpaired) electrons. The van der Waals surface area contributed by atoms with Crippen molar-refractivity contribution in [3.05, 3.63) is 63.6 Å². The quantitative estimate of drug-likeness (QED) is 0.665. The molecule has 1 aliphatic rings. The van der Waals surface area contributed by atoms with Gasteiger partial charge in [-0.05, 0) is 62.6 Å². The highest BCUT2D eigenvalue weighted by Gasteiger charge is 2.25. The number of nitrogens with zero attached hydrogens (tertiary/aromatic N) is 1. The molecule has 1 N–H and O–H groups in total. The molecule has 0 spiro atoms. The molecule has 0 saturated heterocycles. The van der Waals surface area contributed by atoms with Crippen molar-refractivity contribution >= 4 is 32.7 Å². The molecule has 1 saturated carbocycles. The number of hydrogen-bond donors (Lipinski definition) is 1. The SMILES string of the molecule is Cc1ccc(C)c(-c2cc(C(=O)NC3CC3)c3cc(Br)ccc3n2)c1. The first kappa shape index (κ1) is 16.3. The van der Waals surface area contributed by atoms with Gasteiger partial charge in [-0.1, -0.05) is 33.6 Å². The molecule has 4 heteroatoms. The van der Waals surface area contributed by atoms with E-state index in [1.165, 1.54) is 5.56 Å². The van der Waals surface area contributed by atoms with E-state index in [1.807, 2.05) is 24.3 Å². The fourth-order valence-electron chi connectivity index (χ4n) is 3.03. The molecule has 1 heterocycles. The van der Waals surface area contributed by atoms with Crippen LogP contribution in [-0.2, 0) is 0 Å². The minimum absolute atomic E-state index is 0.0143.